The first kappa shape index (κ1) is 25.8. The van der Waals surface area contributed by atoms with Crippen molar-refractivity contribution in [3.8, 4) is 0 Å². The van der Waals surface area contributed by atoms with Gasteiger partial charge < -0.3 is 9.80 Å². The van der Waals surface area contributed by atoms with Gasteiger partial charge in [0.05, 0.1) is 18.1 Å². The zero-order valence-electron chi connectivity index (χ0n) is 16.9. The molecular formula is C19H41ClN4. The van der Waals surface area contributed by atoms with Gasteiger partial charge in [-0.2, -0.15) is 0 Å². The molecule has 0 spiro atoms. The smallest absolute Gasteiger partial charge is 0.0898 e. The maximum Gasteiger partial charge on any atom is 0.0898 e. The van der Waals surface area contributed by atoms with E-state index in [2.05, 4.69) is 67.3 Å². The number of halogens is 1. The fraction of sp³-hybridized carbons (Fsp3) is 0.947. The molecule has 2 unspecified atom stereocenters. The van der Waals surface area contributed by atoms with Crippen LogP contribution in [0.3, 0.4) is 0 Å². The highest BCUT2D eigenvalue weighted by molar-refractivity contribution is 5.85. The lowest BCUT2D eigenvalue weighted by Gasteiger charge is -2.20. The molecule has 0 saturated heterocycles. The van der Waals surface area contributed by atoms with E-state index in [1.165, 1.54) is 0 Å². The van der Waals surface area contributed by atoms with Crippen molar-refractivity contribution in [2.45, 2.75) is 79.3 Å². The second-order valence-corrected chi connectivity index (χ2v) is 6.11. The van der Waals surface area contributed by atoms with E-state index in [0.29, 0.717) is 12.1 Å². The van der Waals surface area contributed by atoms with Crippen LogP contribution in [-0.4, -0.2) is 67.2 Å². The maximum atomic E-state index is 4.58. The highest BCUT2D eigenvalue weighted by Gasteiger charge is 2.08. The molecule has 0 heterocycles. The van der Waals surface area contributed by atoms with E-state index < -0.39 is 0 Å². The van der Waals surface area contributed by atoms with Crippen LogP contribution in [0.2, 0.25) is 0 Å². The Morgan fingerprint density at radius 3 is 1.25 bits per heavy atom. The second-order valence-electron chi connectivity index (χ2n) is 6.11. The summed E-state index contributed by atoms with van der Waals surface area (Å²) in [5.41, 5.74) is 0. The summed E-state index contributed by atoms with van der Waals surface area (Å²) in [5.74, 6) is 0. The van der Waals surface area contributed by atoms with Gasteiger partial charge in [0.2, 0.25) is 0 Å². The van der Waals surface area contributed by atoms with Crippen molar-refractivity contribution < 1.29 is 0 Å². The van der Waals surface area contributed by atoms with Crippen molar-refractivity contribution in [2.24, 2.45) is 9.98 Å². The third kappa shape index (κ3) is 12.0. The summed E-state index contributed by atoms with van der Waals surface area (Å²) < 4.78 is 0. The molecule has 0 saturated carbocycles. The van der Waals surface area contributed by atoms with Crippen LogP contribution in [0.4, 0.5) is 0 Å². The molecule has 0 amide bonds. The fourth-order valence-electron chi connectivity index (χ4n) is 2.66. The van der Waals surface area contributed by atoms with Crippen LogP contribution in [-0.2, 0) is 0 Å². The molecular weight excluding hydrogens is 320 g/mol. The monoisotopic (exact) mass is 360 g/mol. The number of aliphatic imine (C=N–C) groups is 2. The van der Waals surface area contributed by atoms with Crippen molar-refractivity contribution >= 4 is 18.4 Å². The maximum absolute atomic E-state index is 4.58. The molecule has 0 aliphatic carbocycles. The van der Waals surface area contributed by atoms with Crippen molar-refractivity contribution in [1.82, 2.24) is 9.80 Å². The lowest BCUT2D eigenvalue weighted by molar-refractivity contribution is 0.288. The summed E-state index contributed by atoms with van der Waals surface area (Å²) in [6.45, 7) is 20.0. The van der Waals surface area contributed by atoms with Gasteiger partial charge in [0, 0.05) is 13.1 Å². The SMILES string of the molecule is CCC(CCN(CC)CC)N=C=NC(CC)CCN(CC)CC.Cl. The zero-order chi connectivity index (χ0) is 17.5. The summed E-state index contributed by atoms with van der Waals surface area (Å²) in [5, 5.41) is 0. The van der Waals surface area contributed by atoms with E-state index in [1.807, 2.05) is 0 Å². The molecule has 2 atom stereocenters. The Labute approximate surface area is 157 Å². The van der Waals surface area contributed by atoms with Crippen molar-refractivity contribution in [1.29, 1.82) is 0 Å². The van der Waals surface area contributed by atoms with Crippen LogP contribution < -0.4 is 0 Å². The number of nitrogens with zero attached hydrogens (tertiary/aromatic N) is 4. The Balaban J connectivity index is 0. The topological polar surface area (TPSA) is 31.2 Å². The van der Waals surface area contributed by atoms with Gasteiger partial charge in [0.15, 0.2) is 0 Å². The van der Waals surface area contributed by atoms with Gasteiger partial charge in [-0.05, 0) is 51.9 Å². The molecule has 0 aromatic heterocycles. The van der Waals surface area contributed by atoms with E-state index in [4.69, 9.17) is 0 Å². The summed E-state index contributed by atoms with van der Waals surface area (Å²) >= 11 is 0. The Bertz CT molecular complexity index is 293. The Kier molecular flexibility index (Phi) is 18.7. The molecule has 0 aliphatic rings. The van der Waals surface area contributed by atoms with Gasteiger partial charge in [-0.25, -0.2) is 9.98 Å². The molecule has 0 radical (unpaired) electrons. The van der Waals surface area contributed by atoms with Gasteiger partial charge in [-0.3, -0.25) is 0 Å². The van der Waals surface area contributed by atoms with Crippen molar-refractivity contribution in [3.05, 3.63) is 0 Å². The third-order valence-electron chi connectivity index (χ3n) is 4.77. The Morgan fingerprint density at radius 1 is 0.667 bits per heavy atom. The lowest BCUT2D eigenvalue weighted by atomic mass is 10.1. The minimum Gasteiger partial charge on any atom is -0.304 e. The highest BCUT2D eigenvalue weighted by Crippen LogP contribution is 2.06. The first-order valence-corrected chi connectivity index (χ1v) is 9.74. The number of hydrogen-bond donors (Lipinski definition) is 0. The molecule has 0 rings (SSSR count). The average Bonchev–Trinajstić information content (AvgIpc) is 2.59. The van der Waals surface area contributed by atoms with Gasteiger partial charge in [-0.15, -0.1) is 12.4 Å². The van der Waals surface area contributed by atoms with Gasteiger partial charge in [0.25, 0.3) is 0 Å². The zero-order valence-corrected chi connectivity index (χ0v) is 17.7. The third-order valence-corrected chi connectivity index (χ3v) is 4.77. The highest BCUT2D eigenvalue weighted by atomic mass is 35.5. The molecule has 0 aromatic carbocycles. The molecule has 5 heteroatoms. The van der Waals surface area contributed by atoms with Crippen LogP contribution in [0.15, 0.2) is 9.98 Å². The molecule has 0 N–H and O–H groups in total. The minimum atomic E-state index is 0. The van der Waals surface area contributed by atoms with Crippen LogP contribution in [0, 0.1) is 0 Å². The second kappa shape index (κ2) is 17.4. The summed E-state index contributed by atoms with van der Waals surface area (Å²) in [6, 6.07) is 3.74. The van der Waals surface area contributed by atoms with Crippen LogP contribution >= 0.6 is 12.4 Å². The quantitative estimate of drug-likeness (QED) is 0.424. The predicted molar refractivity (Wildman–Crippen MR) is 110 cm³/mol. The number of rotatable bonds is 14. The van der Waals surface area contributed by atoms with E-state index in [1.54, 1.807) is 0 Å². The van der Waals surface area contributed by atoms with Crippen LogP contribution in [0.5, 0.6) is 0 Å². The Morgan fingerprint density at radius 2 is 1.00 bits per heavy atom. The van der Waals surface area contributed by atoms with Gasteiger partial charge in [-0.1, -0.05) is 41.5 Å². The molecule has 144 valence electrons. The van der Waals surface area contributed by atoms with Gasteiger partial charge in [0.1, 0.15) is 0 Å². The van der Waals surface area contributed by atoms with E-state index in [0.717, 1.165) is 65.0 Å². The number of hydrogen-bond acceptors (Lipinski definition) is 4. The van der Waals surface area contributed by atoms with Crippen molar-refractivity contribution in [3.63, 3.8) is 0 Å². The predicted octanol–water partition coefficient (Wildman–Crippen LogP) is 4.60. The Hall–Kier alpha value is -0.410. The van der Waals surface area contributed by atoms with Crippen LogP contribution in [0.25, 0.3) is 0 Å². The summed E-state index contributed by atoms with van der Waals surface area (Å²) in [4.78, 5) is 14.1. The first-order chi connectivity index (χ1) is 11.1. The van der Waals surface area contributed by atoms with Gasteiger partial charge >= 0.3 is 0 Å². The largest absolute Gasteiger partial charge is 0.304 e. The summed E-state index contributed by atoms with van der Waals surface area (Å²) in [6.07, 6.45) is 4.36. The van der Waals surface area contributed by atoms with E-state index in [-0.39, 0.29) is 12.4 Å². The molecule has 0 aliphatic heterocycles. The molecule has 0 bridgehead atoms. The molecule has 0 aromatic rings. The average molecular weight is 361 g/mol. The minimum absolute atomic E-state index is 0. The normalized spacial score (nSPS) is 13.3. The standard InChI is InChI=1S/C19H40N4.ClH/c1-7-18(13-15-22(9-3)10-4)20-17-21-19(8-2)14-16-23(11-5)12-6;/h18-19H,7-16H2,1-6H3;1H. The summed E-state index contributed by atoms with van der Waals surface area (Å²) in [7, 11) is 0. The first-order valence-electron chi connectivity index (χ1n) is 9.74. The molecule has 24 heavy (non-hydrogen) atoms. The van der Waals surface area contributed by atoms with Crippen LogP contribution in [0.1, 0.15) is 67.2 Å². The van der Waals surface area contributed by atoms with Crippen molar-refractivity contribution in [2.75, 3.05) is 39.3 Å². The van der Waals surface area contributed by atoms with E-state index >= 15 is 0 Å². The fourth-order valence-corrected chi connectivity index (χ4v) is 2.66. The van der Waals surface area contributed by atoms with E-state index in [9.17, 15) is 0 Å². The lowest BCUT2D eigenvalue weighted by Crippen LogP contribution is -2.26. The molecule has 0 fully saturated rings. The molecule has 4 nitrogen and oxygen atoms in total.